The van der Waals surface area contributed by atoms with Gasteiger partial charge in [-0.1, -0.05) is 0 Å². The lowest BCUT2D eigenvalue weighted by atomic mass is 10.2. The van der Waals surface area contributed by atoms with Gasteiger partial charge in [-0.2, -0.15) is 5.10 Å². The molecule has 1 saturated carbocycles. The molecular weight excluding hydrogens is 290 g/mol. The molecule has 1 aliphatic carbocycles. The molecule has 1 fully saturated rings. The van der Waals surface area contributed by atoms with Crippen LogP contribution in [0, 0.1) is 11.6 Å². The predicted octanol–water partition coefficient (Wildman–Crippen LogP) is 2.61. The second kappa shape index (κ2) is 4.69. The lowest BCUT2D eigenvalue weighted by molar-refractivity contribution is 0.597. The first kappa shape index (κ1) is 13.1. The van der Waals surface area contributed by atoms with E-state index >= 15 is 0 Å². The zero-order chi connectivity index (χ0) is 15.3. The second-order valence-electron chi connectivity index (χ2n) is 5.24. The molecule has 0 aliphatic heterocycles. The first-order valence-electron chi connectivity index (χ1n) is 6.92. The molecule has 3 aromatic rings. The predicted molar refractivity (Wildman–Crippen MR) is 76.4 cm³/mol. The number of H-pyrrole nitrogens is 1. The van der Waals surface area contributed by atoms with Crippen LogP contribution >= 0.6 is 0 Å². The number of nitrogens with one attached hydrogen (secondary N) is 2. The van der Waals surface area contributed by atoms with E-state index in [1.165, 1.54) is 6.07 Å². The third-order valence-electron chi connectivity index (χ3n) is 3.67. The average molecular weight is 302 g/mol. The van der Waals surface area contributed by atoms with Gasteiger partial charge in [0.1, 0.15) is 11.5 Å². The molecule has 2 N–H and O–H groups in total. The Kier molecular flexibility index (Phi) is 2.78. The van der Waals surface area contributed by atoms with E-state index in [4.69, 9.17) is 0 Å². The molecule has 0 bridgehead atoms. The Hall–Kier alpha value is -2.64. The van der Waals surface area contributed by atoms with Gasteiger partial charge in [0.05, 0.1) is 17.3 Å². The fraction of sp³-hybridized carbons (Fsp3) is 0.286. The highest BCUT2D eigenvalue weighted by Gasteiger charge is 2.31. The number of fused-ring (bicyclic) bond motifs is 1. The molecule has 0 saturated heterocycles. The summed E-state index contributed by atoms with van der Waals surface area (Å²) in [6, 6.07) is 1.31. The van der Waals surface area contributed by atoms with Crippen molar-refractivity contribution in [2.75, 3.05) is 12.4 Å². The molecular formula is C14H12F2N6. The van der Waals surface area contributed by atoms with E-state index in [1.54, 1.807) is 7.05 Å². The van der Waals surface area contributed by atoms with Crippen LogP contribution in [0.4, 0.5) is 14.6 Å². The highest BCUT2D eigenvalue weighted by Crippen LogP contribution is 2.42. The normalized spacial score (nSPS) is 14.5. The summed E-state index contributed by atoms with van der Waals surface area (Å²) in [7, 11) is 1.59. The second-order valence-corrected chi connectivity index (χ2v) is 5.24. The van der Waals surface area contributed by atoms with Crippen LogP contribution in [-0.2, 0) is 0 Å². The van der Waals surface area contributed by atoms with Gasteiger partial charge in [-0.05, 0) is 18.9 Å². The van der Waals surface area contributed by atoms with Crippen LogP contribution in [0.5, 0.6) is 0 Å². The van der Waals surface area contributed by atoms with E-state index in [2.05, 4.69) is 30.5 Å². The van der Waals surface area contributed by atoms with Gasteiger partial charge in [0.2, 0.25) is 0 Å². The number of pyridine rings is 1. The van der Waals surface area contributed by atoms with Crippen LogP contribution in [0.1, 0.15) is 24.5 Å². The van der Waals surface area contributed by atoms with Gasteiger partial charge < -0.3 is 5.32 Å². The van der Waals surface area contributed by atoms with Gasteiger partial charge in [-0.15, -0.1) is 0 Å². The van der Waals surface area contributed by atoms with Gasteiger partial charge in [0.25, 0.3) is 0 Å². The van der Waals surface area contributed by atoms with Crippen LogP contribution < -0.4 is 5.32 Å². The summed E-state index contributed by atoms with van der Waals surface area (Å²) in [6.45, 7) is 0. The molecule has 3 heterocycles. The summed E-state index contributed by atoms with van der Waals surface area (Å²) < 4.78 is 27.7. The number of aromatic amines is 1. The number of anilines is 1. The minimum atomic E-state index is -0.478. The number of halogens is 2. The summed E-state index contributed by atoms with van der Waals surface area (Å²) in [5.41, 5.74) is 1.18. The van der Waals surface area contributed by atoms with E-state index < -0.39 is 11.6 Å². The Labute approximate surface area is 124 Å². The minimum Gasteiger partial charge on any atom is -0.371 e. The largest absolute Gasteiger partial charge is 0.371 e. The maximum atomic E-state index is 14.3. The Balaban J connectivity index is 1.94. The lowest BCUT2D eigenvalue weighted by Crippen LogP contribution is -2.05. The Morgan fingerprint density at radius 2 is 2.09 bits per heavy atom. The number of rotatable bonds is 3. The number of aromatic nitrogens is 5. The van der Waals surface area contributed by atoms with Crippen molar-refractivity contribution in [2.24, 2.45) is 0 Å². The van der Waals surface area contributed by atoms with Crippen molar-refractivity contribution in [1.82, 2.24) is 25.1 Å². The third kappa shape index (κ3) is 1.99. The van der Waals surface area contributed by atoms with Crippen LogP contribution in [0.2, 0.25) is 0 Å². The molecule has 3 aromatic heterocycles. The third-order valence-corrected chi connectivity index (χ3v) is 3.67. The quantitative estimate of drug-likeness (QED) is 0.777. The van der Waals surface area contributed by atoms with Crippen molar-refractivity contribution in [3.05, 3.63) is 29.6 Å². The molecule has 1 aliphatic rings. The zero-order valence-corrected chi connectivity index (χ0v) is 11.7. The Morgan fingerprint density at radius 1 is 1.27 bits per heavy atom. The highest BCUT2D eigenvalue weighted by atomic mass is 19.1. The summed E-state index contributed by atoms with van der Waals surface area (Å²) in [5.74, 6) is -0.418. The van der Waals surface area contributed by atoms with Gasteiger partial charge in [-0.25, -0.2) is 23.7 Å². The average Bonchev–Trinajstić information content (AvgIpc) is 3.28. The number of hydrogen-bond donors (Lipinski definition) is 2. The summed E-state index contributed by atoms with van der Waals surface area (Å²) in [5, 5.41) is 10.0. The molecule has 0 unspecified atom stereocenters. The molecule has 0 radical (unpaired) electrons. The van der Waals surface area contributed by atoms with Crippen LogP contribution in [0.15, 0.2) is 12.3 Å². The zero-order valence-electron chi connectivity index (χ0n) is 11.7. The SMILES string of the molecule is CNc1nc(-c2n[nH]c3ncc(F)cc23)nc(C2CC2)c1F. The monoisotopic (exact) mass is 302 g/mol. The van der Waals surface area contributed by atoms with Crippen LogP contribution in [0.3, 0.4) is 0 Å². The fourth-order valence-electron chi connectivity index (χ4n) is 2.41. The van der Waals surface area contributed by atoms with Gasteiger partial charge in [-0.3, -0.25) is 5.10 Å². The molecule has 22 heavy (non-hydrogen) atoms. The molecule has 4 rings (SSSR count). The molecule has 0 spiro atoms. The van der Waals surface area contributed by atoms with Crippen LogP contribution in [0.25, 0.3) is 22.6 Å². The van der Waals surface area contributed by atoms with E-state index in [1.807, 2.05) is 0 Å². The van der Waals surface area contributed by atoms with E-state index in [9.17, 15) is 8.78 Å². The van der Waals surface area contributed by atoms with Crippen molar-refractivity contribution < 1.29 is 8.78 Å². The Morgan fingerprint density at radius 3 is 2.82 bits per heavy atom. The minimum absolute atomic E-state index is 0.118. The highest BCUT2D eigenvalue weighted by molar-refractivity contribution is 5.88. The number of nitrogens with zero attached hydrogens (tertiary/aromatic N) is 4. The van der Waals surface area contributed by atoms with Gasteiger partial charge in [0, 0.05) is 13.0 Å². The van der Waals surface area contributed by atoms with E-state index in [0.29, 0.717) is 22.4 Å². The summed E-state index contributed by atoms with van der Waals surface area (Å²) >= 11 is 0. The fourth-order valence-corrected chi connectivity index (χ4v) is 2.41. The van der Waals surface area contributed by atoms with Crippen LogP contribution in [-0.4, -0.2) is 32.2 Å². The maximum Gasteiger partial charge on any atom is 0.187 e. The van der Waals surface area contributed by atoms with E-state index in [-0.39, 0.29) is 17.6 Å². The van der Waals surface area contributed by atoms with Gasteiger partial charge >= 0.3 is 0 Å². The summed E-state index contributed by atoms with van der Waals surface area (Å²) in [4.78, 5) is 12.4. The Bertz CT molecular complexity index is 871. The lowest BCUT2D eigenvalue weighted by Gasteiger charge is -2.08. The van der Waals surface area contributed by atoms with Crippen molar-refractivity contribution >= 4 is 16.9 Å². The van der Waals surface area contributed by atoms with Gasteiger partial charge in [0.15, 0.2) is 23.1 Å². The number of hydrogen-bond acceptors (Lipinski definition) is 5. The molecule has 0 aromatic carbocycles. The molecule has 0 amide bonds. The van der Waals surface area contributed by atoms with Crippen molar-refractivity contribution in [2.45, 2.75) is 18.8 Å². The maximum absolute atomic E-state index is 14.3. The topological polar surface area (TPSA) is 79.4 Å². The van der Waals surface area contributed by atoms with E-state index in [0.717, 1.165) is 19.0 Å². The van der Waals surface area contributed by atoms with Crippen molar-refractivity contribution in [3.8, 4) is 11.5 Å². The summed E-state index contributed by atoms with van der Waals surface area (Å²) in [6.07, 6.45) is 2.92. The smallest absolute Gasteiger partial charge is 0.187 e. The molecule has 6 nitrogen and oxygen atoms in total. The molecule has 0 atom stereocenters. The molecule has 112 valence electrons. The van der Waals surface area contributed by atoms with Crippen molar-refractivity contribution in [3.63, 3.8) is 0 Å². The molecule has 8 heteroatoms. The first-order valence-corrected chi connectivity index (χ1v) is 6.92. The first-order chi connectivity index (χ1) is 10.7. The van der Waals surface area contributed by atoms with Crippen molar-refractivity contribution in [1.29, 1.82) is 0 Å². The standard InChI is InChI=1S/C14H12F2N6/c1-17-13-9(16)10(6-2-3-6)19-14(20-13)11-8-4-7(15)5-18-12(8)22-21-11/h4-6H,2-3H2,1H3,(H,17,19,20)(H,18,21,22).